The first kappa shape index (κ1) is 30.6. The molecule has 52 heavy (non-hydrogen) atoms. The van der Waals surface area contributed by atoms with Crippen LogP contribution in [-0.4, -0.2) is 0 Å². The number of benzene rings is 8. The summed E-state index contributed by atoms with van der Waals surface area (Å²) >= 11 is 0. The van der Waals surface area contributed by atoms with Crippen molar-refractivity contribution in [2.75, 3.05) is 0 Å². The Kier molecular flexibility index (Phi) is 7.03. The van der Waals surface area contributed by atoms with Crippen LogP contribution in [0.5, 0.6) is 11.5 Å². The van der Waals surface area contributed by atoms with Crippen LogP contribution in [0.15, 0.2) is 200 Å². The number of para-hydroxylation sites is 1. The number of hydrogen-bond acceptors (Lipinski definition) is 2. The molecule has 0 aromatic heterocycles. The first-order valence-electron chi connectivity index (χ1n) is 17.7. The van der Waals surface area contributed by atoms with E-state index in [1.165, 1.54) is 22.3 Å². The van der Waals surface area contributed by atoms with Gasteiger partial charge in [0, 0.05) is 27.0 Å². The van der Waals surface area contributed by atoms with Gasteiger partial charge in [-0.3, -0.25) is 0 Å². The molecule has 1 heterocycles. The molecule has 246 valence electrons. The van der Waals surface area contributed by atoms with Gasteiger partial charge in [0.15, 0.2) is 7.14 Å². The summed E-state index contributed by atoms with van der Waals surface area (Å²) in [6.07, 6.45) is 0. The van der Waals surface area contributed by atoms with Gasteiger partial charge in [-0.2, -0.15) is 0 Å². The van der Waals surface area contributed by atoms with Gasteiger partial charge >= 0.3 is 0 Å². The van der Waals surface area contributed by atoms with E-state index in [9.17, 15) is 0 Å². The Balaban J connectivity index is 1.12. The number of fused-ring (bicyclic) bond motifs is 9. The van der Waals surface area contributed by atoms with E-state index in [4.69, 9.17) is 4.74 Å². The maximum atomic E-state index is 15.2. The van der Waals surface area contributed by atoms with Gasteiger partial charge in [0.25, 0.3) is 0 Å². The highest BCUT2D eigenvalue weighted by atomic mass is 31.2. The highest BCUT2D eigenvalue weighted by Gasteiger charge is 2.51. The van der Waals surface area contributed by atoms with E-state index in [1.807, 2.05) is 72.8 Å². The van der Waals surface area contributed by atoms with Gasteiger partial charge in [-0.25, -0.2) is 0 Å². The molecular formula is C49H33O2P. The molecule has 0 saturated heterocycles. The van der Waals surface area contributed by atoms with Crippen molar-refractivity contribution in [3.8, 4) is 44.9 Å². The molecule has 1 aliphatic carbocycles. The van der Waals surface area contributed by atoms with Gasteiger partial charge in [0.05, 0.1) is 5.41 Å². The zero-order valence-electron chi connectivity index (χ0n) is 28.3. The SMILES string of the molecule is O=P(c1ccccc1)(c1ccccc1)c1cccc(-c2cccc(-c3ccc4c(c3)C3(c5ccccc5O4)c4ccccc4-c4ccccc43)c2)c1. The Morgan fingerprint density at radius 1 is 0.346 bits per heavy atom. The third-order valence-electron chi connectivity index (χ3n) is 10.8. The molecule has 0 radical (unpaired) electrons. The summed E-state index contributed by atoms with van der Waals surface area (Å²) in [6.45, 7) is 0. The summed E-state index contributed by atoms with van der Waals surface area (Å²) < 4.78 is 21.9. The maximum absolute atomic E-state index is 15.2. The van der Waals surface area contributed by atoms with Gasteiger partial charge in [0.2, 0.25) is 0 Å². The molecule has 8 aromatic rings. The van der Waals surface area contributed by atoms with Crippen LogP contribution in [0.2, 0.25) is 0 Å². The van der Waals surface area contributed by atoms with Crippen molar-refractivity contribution in [3.63, 3.8) is 0 Å². The van der Waals surface area contributed by atoms with Crippen molar-refractivity contribution >= 4 is 23.1 Å². The molecule has 2 nitrogen and oxygen atoms in total. The Morgan fingerprint density at radius 2 is 0.808 bits per heavy atom. The third kappa shape index (κ3) is 4.48. The monoisotopic (exact) mass is 684 g/mol. The minimum Gasteiger partial charge on any atom is -0.457 e. The van der Waals surface area contributed by atoms with E-state index in [1.54, 1.807) is 0 Å². The van der Waals surface area contributed by atoms with Crippen molar-refractivity contribution in [1.29, 1.82) is 0 Å². The van der Waals surface area contributed by atoms with Crippen LogP contribution < -0.4 is 20.7 Å². The Labute approximate surface area is 304 Å². The summed E-state index contributed by atoms with van der Waals surface area (Å²) in [6, 6.07) is 69.4. The predicted molar refractivity (Wildman–Crippen MR) is 214 cm³/mol. The van der Waals surface area contributed by atoms with Crippen LogP contribution >= 0.6 is 7.14 Å². The number of rotatable bonds is 5. The normalized spacial score (nSPS) is 13.4. The fourth-order valence-corrected chi connectivity index (χ4v) is 11.2. The van der Waals surface area contributed by atoms with Crippen molar-refractivity contribution < 1.29 is 9.30 Å². The molecule has 1 aliphatic heterocycles. The predicted octanol–water partition coefficient (Wildman–Crippen LogP) is 11.1. The van der Waals surface area contributed by atoms with Gasteiger partial charge in [0.1, 0.15) is 11.5 Å². The molecular weight excluding hydrogens is 652 g/mol. The Bertz CT molecular complexity index is 2610. The topological polar surface area (TPSA) is 26.3 Å². The lowest BCUT2D eigenvalue weighted by atomic mass is 9.66. The van der Waals surface area contributed by atoms with E-state index in [0.717, 1.165) is 60.8 Å². The summed E-state index contributed by atoms with van der Waals surface area (Å²) in [7, 11) is -3.12. The Hall–Kier alpha value is -6.21. The first-order valence-corrected chi connectivity index (χ1v) is 19.4. The molecule has 0 bridgehead atoms. The molecule has 0 saturated carbocycles. The van der Waals surface area contributed by atoms with Crippen molar-refractivity contribution in [2.24, 2.45) is 0 Å². The highest BCUT2D eigenvalue weighted by molar-refractivity contribution is 7.85. The second-order valence-electron chi connectivity index (χ2n) is 13.6. The molecule has 10 rings (SSSR count). The second-order valence-corrected chi connectivity index (χ2v) is 16.3. The fraction of sp³-hybridized carbons (Fsp3) is 0.0204. The fourth-order valence-electron chi connectivity index (χ4n) is 8.52. The van der Waals surface area contributed by atoms with Crippen LogP contribution in [-0.2, 0) is 9.98 Å². The quantitative estimate of drug-likeness (QED) is 0.169. The van der Waals surface area contributed by atoms with Gasteiger partial charge < -0.3 is 9.30 Å². The molecule has 0 amide bonds. The molecule has 0 fully saturated rings. The van der Waals surface area contributed by atoms with Crippen LogP contribution in [0.3, 0.4) is 0 Å². The standard InChI is InChI=1S/C49H33O2P/c50-52(38-18-3-1-4-19-38,39-20-5-2-6-21-39)40-22-14-17-36(32-40)34-15-13-16-35(31-34)37-29-30-48-46(33-37)49(45-27-11-12-28-47(45)51-48)43-25-9-7-23-41(43)42-24-8-10-26-44(42)49/h1-33H. The lowest BCUT2D eigenvalue weighted by molar-refractivity contribution is 0.436. The van der Waals surface area contributed by atoms with Crippen LogP contribution in [0.4, 0.5) is 0 Å². The van der Waals surface area contributed by atoms with Crippen LogP contribution in [0, 0.1) is 0 Å². The number of ether oxygens (including phenoxy) is 1. The molecule has 0 N–H and O–H groups in total. The summed E-state index contributed by atoms with van der Waals surface area (Å²) in [5, 5.41) is 2.47. The van der Waals surface area contributed by atoms with Gasteiger partial charge in [-0.15, -0.1) is 0 Å². The molecule has 2 aliphatic rings. The minimum absolute atomic E-state index is 0.519. The van der Waals surface area contributed by atoms with E-state index in [-0.39, 0.29) is 0 Å². The lowest BCUT2D eigenvalue weighted by Gasteiger charge is -2.39. The highest BCUT2D eigenvalue weighted by Crippen LogP contribution is 2.62. The van der Waals surface area contributed by atoms with Crippen molar-refractivity contribution in [1.82, 2.24) is 0 Å². The van der Waals surface area contributed by atoms with Crippen LogP contribution in [0.1, 0.15) is 22.3 Å². The molecule has 0 unspecified atom stereocenters. The number of hydrogen-bond donors (Lipinski definition) is 0. The van der Waals surface area contributed by atoms with E-state index in [0.29, 0.717) is 0 Å². The molecule has 3 heteroatoms. The largest absolute Gasteiger partial charge is 0.457 e. The average molecular weight is 685 g/mol. The van der Waals surface area contributed by atoms with E-state index < -0.39 is 12.6 Å². The second kappa shape index (κ2) is 11.9. The van der Waals surface area contributed by atoms with Crippen molar-refractivity contribution in [2.45, 2.75) is 5.41 Å². The first-order chi connectivity index (χ1) is 25.7. The van der Waals surface area contributed by atoms with Crippen molar-refractivity contribution in [3.05, 3.63) is 222 Å². The van der Waals surface area contributed by atoms with Gasteiger partial charge in [-0.1, -0.05) is 170 Å². The van der Waals surface area contributed by atoms with E-state index >= 15 is 4.57 Å². The summed E-state index contributed by atoms with van der Waals surface area (Å²) in [5.41, 5.74) is 11.2. The zero-order chi connectivity index (χ0) is 34.7. The molecule has 0 atom stereocenters. The Morgan fingerprint density at radius 3 is 1.44 bits per heavy atom. The average Bonchev–Trinajstić information content (AvgIpc) is 3.52. The lowest BCUT2D eigenvalue weighted by Crippen LogP contribution is -2.32. The molecule has 8 aromatic carbocycles. The smallest absolute Gasteiger partial charge is 0.171 e. The van der Waals surface area contributed by atoms with Gasteiger partial charge in [-0.05, 0) is 74.8 Å². The van der Waals surface area contributed by atoms with Crippen LogP contribution in [0.25, 0.3) is 33.4 Å². The van der Waals surface area contributed by atoms with E-state index in [2.05, 4.69) is 127 Å². The third-order valence-corrected chi connectivity index (χ3v) is 13.9. The molecule has 1 spiro atoms. The maximum Gasteiger partial charge on any atom is 0.171 e. The zero-order valence-corrected chi connectivity index (χ0v) is 29.2. The minimum atomic E-state index is -3.12. The summed E-state index contributed by atoms with van der Waals surface area (Å²) in [4.78, 5) is 0. The summed E-state index contributed by atoms with van der Waals surface area (Å²) in [5.74, 6) is 1.76.